The number of aryl methyl sites for hydroxylation is 3. The zero-order chi connectivity index (χ0) is 25.6. The van der Waals surface area contributed by atoms with Gasteiger partial charge in [-0.05, 0) is 131 Å². The minimum atomic E-state index is 0. The number of nitrogens with zero attached hydrogens (tertiary/aromatic N) is 2. The van der Waals surface area contributed by atoms with Crippen LogP contribution in [0.2, 0.25) is 0 Å². The van der Waals surface area contributed by atoms with E-state index in [4.69, 9.17) is 4.99 Å². The molecule has 0 N–H and O–H groups in total. The summed E-state index contributed by atoms with van der Waals surface area (Å²) in [6.07, 6.45) is 28.9. The van der Waals surface area contributed by atoms with Crippen molar-refractivity contribution in [2.45, 2.75) is 20.8 Å². The fourth-order valence-electron chi connectivity index (χ4n) is 4.91. The van der Waals surface area contributed by atoms with Gasteiger partial charge in [-0.3, -0.25) is 4.98 Å². The van der Waals surface area contributed by atoms with Crippen LogP contribution in [0.3, 0.4) is 0 Å². The van der Waals surface area contributed by atoms with Crippen molar-refractivity contribution < 1.29 is 17.1 Å². The molecule has 0 spiro atoms. The van der Waals surface area contributed by atoms with E-state index in [0.29, 0.717) is 0 Å². The molecule has 3 heteroatoms. The van der Waals surface area contributed by atoms with E-state index < -0.39 is 0 Å². The monoisotopic (exact) mass is 534 g/mol. The third-order valence-corrected chi connectivity index (χ3v) is 6.45. The smallest absolute Gasteiger partial charge is 0.254 e. The van der Waals surface area contributed by atoms with E-state index >= 15 is 0 Å². The zero-order valence-electron chi connectivity index (χ0n) is 21.9. The van der Waals surface area contributed by atoms with E-state index in [0.717, 1.165) is 22.3 Å². The van der Waals surface area contributed by atoms with Crippen LogP contribution in [-0.2, 0) is 17.1 Å². The van der Waals surface area contributed by atoms with Crippen LogP contribution >= 0.6 is 0 Å². The van der Waals surface area contributed by atoms with E-state index in [-0.39, 0.29) is 17.1 Å². The first kappa shape index (κ1) is 28.3. The van der Waals surface area contributed by atoms with Crippen molar-refractivity contribution in [2.24, 2.45) is 4.99 Å². The van der Waals surface area contributed by atoms with Crippen LogP contribution in [0.15, 0.2) is 83.5 Å². The van der Waals surface area contributed by atoms with Gasteiger partial charge < -0.3 is 0 Å². The fraction of sp³-hybridized carbons (Fsp3) is 0.0857. The first-order valence-corrected chi connectivity index (χ1v) is 12.6. The first-order chi connectivity index (χ1) is 18.1. The van der Waals surface area contributed by atoms with Gasteiger partial charge in [0.1, 0.15) is 0 Å². The molecular formula is C35H30FeN2+2. The largest absolute Gasteiger partial charge is 2.00 e. The molecule has 0 bridgehead atoms. The number of hydrogen-bond donors (Lipinski definition) is 0. The molecule has 2 aromatic carbocycles. The average Bonchev–Trinajstić information content (AvgIpc) is 3.65. The summed E-state index contributed by atoms with van der Waals surface area (Å²) in [5, 5.41) is 1.10. The van der Waals surface area contributed by atoms with Crippen molar-refractivity contribution in [3.8, 4) is 0 Å². The summed E-state index contributed by atoms with van der Waals surface area (Å²) in [6.45, 7) is 6.56. The molecular weight excluding hydrogens is 504 g/mol. The van der Waals surface area contributed by atoms with E-state index in [2.05, 4.69) is 100 Å². The molecule has 0 saturated heterocycles. The minimum absolute atomic E-state index is 0. The van der Waals surface area contributed by atoms with Gasteiger partial charge in [-0.25, -0.2) is 4.99 Å². The van der Waals surface area contributed by atoms with Crippen LogP contribution in [0.25, 0.3) is 16.5 Å². The number of para-hydroxylation sites is 1. The Morgan fingerprint density at radius 2 is 1.32 bits per heavy atom. The number of aromatic nitrogens is 1. The third-order valence-electron chi connectivity index (χ3n) is 6.45. The molecule has 6 rings (SSSR count). The first-order valence-electron chi connectivity index (χ1n) is 12.6. The maximum atomic E-state index is 4.88. The van der Waals surface area contributed by atoms with Gasteiger partial charge in [0.15, 0.2) is 0 Å². The summed E-state index contributed by atoms with van der Waals surface area (Å²) < 4.78 is 0. The molecule has 0 unspecified atom stereocenters. The zero-order valence-corrected chi connectivity index (χ0v) is 23.0. The molecule has 1 aromatic heterocycles. The predicted octanol–water partition coefficient (Wildman–Crippen LogP) is 8.24. The van der Waals surface area contributed by atoms with Crippen LogP contribution in [0.5, 0.6) is 0 Å². The minimum Gasteiger partial charge on any atom is -0.254 e. The molecule has 0 aliphatic heterocycles. The van der Waals surface area contributed by atoms with Crippen molar-refractivity contribution in [1.82, 2.24) is 4.98 Å². The number of aliphatic imine (C=N–C) groups is 1. The van der Waals surface area contributed by atoms with E-state index in [1.165, 1.54) is 39.3 Å². The quantitative estimate of drug-likeness (QED) is 0.311. The number of fused-ring (bicyclic) bond motifs is 1. The van der Waals surface area contributed by atoms with Crippen molar-refractivity contribution in [3.63, 3.8) is 0 Å². The Bertz CT molecular complexity index is 1330. The molecule has 3 aliphatic carbocycles. The number of benzene rings is 2. The molecule has 186 valence electrons. The summed E-state index contributed by atoms with van der Waals surface area (Å²) >= 11 is 0. The molecule has 0 atom stereocenters. The Balaban J connectivity index is 0.000000504. The summed E-state index contributed by atoms with van der Waals surface area (Å²) in [5.74, 6) is 1.24. The van der Waals surface area contributed by atoms with Crippen molar-refractivity contribution in [3.05, 3.63) is 164 Å². The van der Waals surface area contributed by atoms with Gasteiger partial charge in [0.2, 0.25) is 0 Å². The summed E-state index contributed by atoms with van der Waals surface area (Å²) in [5.41, 5.74) is 10.4. The Morgan fingerprint density at radius 1 is 0.711 bits per heavy atom. The van der Waals surface area contributed by atoms with Crippen molar-refractivity contribution >= 4 is 27.9 Å². The number of rotatable bonds is 3. The van der Waals surface area contributed by atoms with Gasteiger partial charge in [0.25, 0.3) is 0 Å². The Morgan fingerprint density at radius 3 is 1.95 bits per heavy atom. The molecule has 1 heterocycles. The molecule has 38 heavy (non-hydrogen) atoms. The molecule has 2 nitrogen and oxygen atoms in total. The third kappa shape index (κ3) is 6.63. The fourth-order valence-corrected chi connectivity index (χ4v) is 4.91. The van der Waals surface area contributed by atoms with Gasteiger partial charge in [-0.15, -0.1) is 0 Å². The van der Waals surface area contributed by atoms with Gasteiger partial charge in [0.05, 0.1) is 16.9 Å². The van der Waals surface area contributed by atoms with Crippen LogP contribution in [0, 0.1) is 84.5 Å². The second-order valence-corrected chi connectivity index (χ2v) is 9.30. The second kappa shape index (κ2) is 13.4. The molecule has 3 aliphatic rings. The Labute approximate surface area is 239 Å². The molecule has 3 aromatic rings. The van der Waals surface area contributed by atoms with Gasteiger partial charge in [-0.1, -0.05) is 48.0 Å². The molecule has 10 radical (unpaired) electrons. The van der Waals surface area contributed by atoms with E-state index in [9.17, 15) is 0 Å². The maximum Gasteiger partial charge on any atom is 2.00 e. The number of hydrogen-bond acceptors (Lipinski definition) is 2. The molecule has 0 amide bonds. The van der Waals surface area contributed by atoms with Crippen LogP contribution in [-0.4, -0.2) is 10.7 Å². The van der Waals surface area contributed by atoms with E-state index in [1.807, 2.05) is 56.5 Å². The van der Waals surface area contributed by atoms with Crippen molar-refractivity contribution in [1.29, 1.82) is 0 Å². The number of allylic oxidation sites excluding steroid dienone is 6. The Kier molecular flexibility index (Phi) is 9.94. The predicted molar refractivity (Wildman–Crippen MR) is 157 cm³/mol. The van der Waals surface area contributed by atoms with Gasteiger partial charge >= 0.3 is 17.1 Å². The summed E-state index contributed by atoms with van der Waals surface area (Å²) in [4.78, 5) is 9.41. The summed E-state index contributed by atoms with van der Waals surface area (Å²) in [6, 6.07) is 14.7. The number of pyridine rings is 1. The molecule has 2 saturated carbocycles. The maximum absolute atomic E-state index is 4.88. The van der Waals surface area contributed by atoms with Gasteiger partial charge in [-0.2, -0.15) is 0 Å². The van der Waals surface area contributed by atoms with Crippen LogP contribution in [0.4, 0.5) is 5.69 Å². The van der Waals surface area contributed by atoms with Gasteiger partial charge in [0, 0.05) is 17.5 Å². The topological polar surface area (TPSA) is 25.2 Å². The summed E-state index contributed by atoms with van der Waals surface area (Å²) in [7, 11) is 0. The van der Waals surface area contributed by atoms with Crippen molar-refractivity contribution in [2.75, 3.05) is 0 Å². The van der Waals surface area contributed by atoms with Crippen LogP contribution in [0.1, 0.15) is 22.3 Å². The van der Waals surface area contributed by atoms with E-state index in [1.54, 1.807) is 0 Å². The average molecular weight is 534 g/mol. The second-order valence-electron chi connectivity index (χ2n) is 9.30. The standard InChI is InChI=1S/C30H25N2.C5H5.Fe/c1-20-18-21(2)28(22(3)19-20)29(23-8-4-5-9-23)24-13-15-26(16-14-24)32-27-12-6-10-25-11-7-17-31-30(25)27;1-2-4-5-3-1;/h4-19H,1-3H3;1-5H;/q;;+2. The Hall–Kier alpha value is -2.74. The normalized spacial score (nSPS) is 16.8. The molecule has 2 fully saturated rings. The SMILES string of the molecule is Cc1cc(C)c(C([C]2[CH][CH][CH][CH]2)=C2C=CC(=Nc3cccc4cccnc34)C=C2)c(C)c1.[CH]1[CH][CH][CH][CH]1.[Fe+2]. The van der Waals surface area contributed by atoms with Crippen LogP contribution < -0.4 is 0 Å².